The maximum atomic E-state index is 4.24. The molecule has 0 spiro atoms. The first kappa shape index (κ1) is 22.9. The van der Waals surface area contributed by atoms with Crippen LogP contribution in [-0.2, 0) is 0 Å². The van der Waals surface area contributed by atoms with Crippen LogP contribution in [0.15, 0.2) is 0 Å². The summed E-state index contributed by atoms with van der Waals surface area (Å²) in [6.45, 7) is 18.9. The fourth-order valence-electron chi connectivity index (χ4n) is 3.00. The van der Waals surface area contributed by atoms with Crippen molar-refractivity contribution >= 4 is 41.5 Å². The molecule has 0 aliphatic rings. The number of nitrogens with one attached hydrogen (secondary N) is 1. The second-order valence-electron chi connectivity index (χ2n) is 8.18. The summed E-state index contributed by atoms with van der Waals surface area (Å²) in [6, 6.07) is 0. The predicted molar refractivity (Wildman–Crippen MR) is 107 cm³/mol. The van der Waals surface area contributed by atoms with Gasteiger partial charge in [-0.2, -0.15) is 0 Å². The zero-order valence-electron chi connectivity index (χ0n) is 15.3. The SMILES string of the molecule is CC(C)CP(=[Se])(CC(C)C)NP(=[Se])(CC(C)C)CC(C)C. The molecule has 0 amide bonds. The van der Waals surface area contributed by atoms with Gasteiger partial charge in [0.15, 0.2) is 0 Å². The molecule has 0 atom stereocenters. The second kappa shape index (κ2) is 9.99. The minimum absolute atomic E-state index is 0.761. The van der Waals surface area contributed by atoms with Crippen LogP contribution in [0.1, 0.15) is 55.4 Å². The first-order valence-electron chi connectivity index (χ1n) is 8.33. The summed E-state index contributed by atoms with van der Waals surface area (Å²) in [4.78, 5) is 4.24. The van der Waals surface area contributed by atoms with Crippen LogP contribution in [-0.4, -0.2) is 54.8 Å². The van der Waals surface area contributed by atoms with Crippen LogP contribution in [0.25, 0.3) is 0 Å². The molecule has 0 aliphatic carbocycles. The Labute approximate surface area is 149 Å². The van der Waals surface area contributed by atoms with Crippen LogP contribution >= 0.6 is 11.3 Å². The van der Waals surface area contributed by atoms with Crippen LogP contribution in [0.2, 0.25) is 0 Å². The normalized spacial score (nSPS) is 13.9. The van der Waals surface area contributed by atoms with Gasteiger partial charge in [0.1, 0.15) is 0 Å². The van der Waals surface area contributed by atoms with Gasteiger partial charge in [0.2, 0.25) is 0 Å². The van der Waals surface area contributed by atoms with Crippen molar-refractivity contribution in [2.24, 2.45) is 23.7 Å². The zero-order valence-corrected chi connectivity index (χ0v) is 20.6. The van der Waals surface area contributed by atoms with Crippen molar-refractivity contribution in [2.45, 2.75) is 55.4 Å². The van der Waals surface area contributed by atoms with Gasteiger partial charge >= 0.3 is 150 Å². The Morgan fingerprint density at radius 3 is 0.905 bits per heavy atom. The molecule has 0 radical (unpaired) electrons. The van der Waals surface area contributed by atoms with Gasteiger partial charge < -0.3 is 0 Å². The molecule has 0 heterocycles. The molecule has 0 saturated heterocycles. The van der Waals surface area contributed by atoms with E-state index in [-0.39, 0.29) is 0 Å². The van der Waals surface area contributed by atoms with Crippen LogP contribution in [0.3, 0.4) is 0 Å². The third-order valence-corrected chi connectivity index (χ3v) is 18.0. The molecule has 0 aromatic rings. The third-order valence-electron chi connectivity index (χ3n) is 3.00. The molecule has 0 fully saturated rings. The molecule has 0 unspecified atom stereocenters. The Hall–Kier alpha value is 1.86. The molecule has 0 aromatic carbocycles. The van der Waals surface area contributed by atoms with Crippen molar-refractivity contribution < 1.29 is 0 Å². The first-order valence-corrected chi connectivity index (χ1v) is 17.1. The van der Waals surface area contributed by atoms with Crippen molar-refractivity contribution in [2.75, 3.05) is 24.6 Å². The van der Waals surface area contributed by atoms with E-state index in [1.165, 1.54) is 24.6 Å². The fourth-order valence-corrected chi connectivity index (χ4v) is 27.8. The molecule has 1 N–H and O–H groups in total. The fraction of sp³-hybridized carbons (Fsp3) is 1.00. The molecule has 0 aromatic heterocycles. The van der Waals surface area contributed by atoms with Gasteiger partial charge in [0, 0.05) is 0 Å². The standard InChI is InChI=1S/C16H37NP2Se2/c1-13(2)9-18(20,10-14(3)4)17-19(21,11-15(5)6)12-16(7)8/h13-16H,9-12H2,1-8H3,(H,17,20,21). The molecule has 128 valence electrons. The van der Waals surface area contributed by atoms with Crippen molar-refractivity contribution in [3.05, 3.63) is 0 Å². The van der Waals surface area contributed by atoms with Gasteiger partial charge in [-0.1, -0.05) is 0 Å². The van der Waals surface area contributed by atoms with E-state index >= 15 is 0 Å². The van der Waals surface area contributed by atoms with E-state index in [2.05, 4.69) is 90.4 Å². The molecule has 5 heteroatoms. The van der Waals surface area contributed by atoms with Crippen LogP contribution < -0.4 is 4.86 Å². The molecule has 21 heavy (non-hydrogen) atoms. The van der Waals surface area contributed by atoms with E-state index in [0.717, 1.165) is 23.7 Å². The quantitative estimate of drug-likeness (QED) is 0.346. The van der Waals surface area contributed by atoms with Gasteiger partial charge in [0.05, 0.1) is 0 Å². The van der Waals surface area contributed by atoms with Crippen LogP contribution in [0.5, 0.6) is 0 Å². The van der Waals surface area contributed by atoms with Crippen LogP contribution in [0, 0.1) is 23.7 Å². The molecular formula is C16H37NP2Se2. The molecule has 0 bridgehead atoms. The summed E-state index contributed by atoms with van der Waals surface area (Å²) < 4.78 is 0. The summed E-state index contributed by atoms with van der Waals surface area (Å²) in [7, 11) is 0. The molecule has 0 aliphatic heterocycles. The van der Waals surface area contributed by atoms with E-state index in [1.54, 1.807) is 0 Å². The summed E-state index contributed by atoms with van der Waals surface area (Å²) in [5, 5.41) is 0. The maximum absolute atomic E-state index is 4.24. The predicted octanol–water partition coefficient (Wildman–Crippen LogP) is 5.23. The van der Waals surface area contributed by atoms with E-state index in [4.69, 9.17) is 0 Å². The summed E-state index contributed by atoms with van der Waals surface area (Å²) in [5.41, 5.74) is -2.34. The summed E-state index contributed by atoms with van der Waals surface area (Å²) >= 11 is 7.33. The third kappa shape index (κ3) is 11.1. The zero-order chi connectivity index (χ0) is 16.8. The monoisotopic (exact) mass is 465 g/mol. The molecular weight excluding hydrogens is 426 g/mol. The second-order valence-corrected chi connectivity index (χ2v) is 22.8. The Kier molecular flexibility index (Phi) is 10.9. The molecule has 1 nitrogen and oxygen atoms in total. The van der Waals surface area contributed by atoms with E-state index < -0.39 is 11.3 Å². The Balaban J connectivity index is 5.29. The van der Waals surface area contributed by atoms with Crippen molar-refractivity contribution in [1.82, 2.24) is 4.86 Å². The number of hydrogen-bond donors (Lipinski definition) is 1. The molecule has 0 rings (SSSR count). The van der Waals surface area contributed by atoms with Gasteiger partial charge in [0.25, 0.3) is 0 Å². The average molecular weight is 463 g/mol. The van der Waals surface area contributed by atoms with E-state index in [1.807, 2.05) is 0 Å². The molecule has 0 saturated carbocycles. The van der Waals surface area contributed by atoms with Gasteiger partial charge in [-0.15, -0.1) is 0 Å². The minimum atomic E-state index is -1.17. The number of rotatable bonds is 10. The van der Waals surface area contributed by atoms with Crippen molar-refractivity contribution in [3.63, 3.8) is 0 Å². The topological polar surface area (TPSA) is 12.0 Å². The van der Waals surface area contributed by atoms with Crippen molar-refractivity contribution in [3.8, 4) is 0 Å². The summed E-state index contributed by atoms with van der Waals surface area (Å²) in [5.74, 6) is 3.05. The number of hydrogen-bond acceptors (Lipinski definition) is 1. The van der Waals surface area contributed by atoms with Crippen molar-refractivity contribution in [1.29, 1.82) is 0 Å². The summed E-state index contributed by atoms with van der Waals surface area (Å²) in [6.07, 6.45) is 5.30. The van der Waals surface area contributed by atoms with Gasteiger partial charge in [-0.25, -0.2) is 0 Å². The van der Waals surface area contributed by atoms with Gasteiger partial charge in [-0.3, -0.25) is 0 Å². The van der Waals surface area contributed by atoms with Crippen LogP contribution in [0.4, 0.5) is 0 Å². The Morgan fingerprint density at radius 1 is 0.571 bits per heavy atom. The van der Waals surface area contributed by atoms with E-state index in [9.17, 15) is 0 Å². The van der Waals surface area contributed by atoms with E-state index in [0.29, 0.717) is 0 Å². The first-order chi connectivity index (χ1) is 9.37. The van der Waals surface area contributed by atoms with Gasteiger partial charge in [-0.05, 0) is 0 Å². The Bertz CT molecular complexity index is 326. The average Bonchev–Trinajstić information content (AvgIpc) is 2.07. The Morgan fingerprint density at radius 2 is 0.762 bits per heavy atom.